The minimum Gasteiger partial charge on any atom is -0.507 e. The molecule has 1 aliphatic heterocycles. The molecular formula is C30H37NO6S. The van der Waals surface area contributed by atoms with Crippen molar-refractivity contribution in [1.29, 1.82) is 0 Å². The lowest BCUT2D eigenvalue weighted by Gasteiger charge is -2.36. The number of imide groups is 1. The second kappa shape index (κ2) is 11.9. The number of carbonyl (C=O) groups is 2. The van der Waals surface area contributed by atoms with Crippen molar-refractivity contribution in [3.05, 3.63) is 67.9 Å². The van der Waals surface area contributed by atoms with E-state index < -0.39 is 23.9 Å². The van der Waals surface area contributed by atoms with E-state index in [2.05, 4.69) is 0 Å². The van der Waals surface area contributed by atoms with Crippen LogP contribution >= 0.6 is 11.3 Å². The van der Waals surface area contributed by atoms with Crippen LogP contribution in [0.5, 0.6) is 5.75 Å². The third kappa shape index (κ3) is 5.64. The summed E-state index contributed by atoms with van der Waals surface area (Å²) in [4.78, 5) is 29.0. The molecule has 2 amide bonds. The number of amides is 2. The van der Waals surface area contributed by atoms with E-state index in [4.69, 9.17) is 4.74 Å². The number of fused-ring (bicyclic) bond motifs is 1. The number of carbonyl (C=O) groups excluding carboxylic acids is 2. The van der Waals surface area contributed by atoms with E-state index in [9.17, 15) is 24.9 Å². The number of aromatic hydroxyl groups is 1. The molecule has 38 heavy (non-hydrogen) atoms. The zero-order chi connectivity index (χ0) is 27.6. The lowest BCUT2D eigenvalue weighted by atomic mass is 9.68. The lowest BCUT2D eigenvalue weighted by molar-refractivity contribution is -0.140. The zero-order valence-electron chi connectivity index (χ0n) is 22.4. The predicted molar refractivity (Wildman–Crippen MR) is 147 cm³/mol. The second-order valence-corrected chi connectivity index (χ2v) is 11.5. The number of aliphatic hydroxyl groups excluding tert-OH is 2. The van der Waals surface area contributed by atoms with Crippen LogP contribution < -0.4 is 0 Å². The van der Waals surface area contributed by atoms with Crippen molar-refractivity contribution in [2.24, 2.45) is 17.8 Å². The van der Waals surface area contributed by atoms with Crippen molar-refractivity contribution in [2.45, 2.75) is 52.7 Å². The highest BCUT2D eigenvalue weighted by Gasteiger charge is 2.54. The van der Waals surface area contributed by atoms with Gasteiger partial charge in [-0.2, -0.15) is 0 Å². The molecule has 204 valence electrons. The third-order valence-corrected chi connectivity index (χ3v) is 8.64. The van der Waals surface area contributed by atoms with Gasteiger partial charge in [0, 0.05) is 17.9 Å². The molecule has 0 saturated carbocycles. The first-order valence-corrected chi connectivity index (χ1v) is 13.9. The minimum absolute atomic E-state index is 0.216. The van der Waals surface area contributed by atoms with E-state index in [1.54, 1.807) is 7.11 Å². The van der Waals surface area contributed by atoms with Gasteiger partial charge in [0.25, 0.3) is 0 Å². The van der Waals surface area contributed by atoms with E-state index in [0.717, 1.165) is 32.7 Å². The summed E-state index contributed by atoms with van der Waals surface area (Å²) in [5.74, 6) is -2.06. The van der Waals surface area contributed by atoms with E-state index in [1.165, 1.54) is 16.2 Å². The number of nitrogens with zero attached hydrogens (tertiary/aromatic N) is 1. The van der Waals surface area contributed by atoms with Crippen LogP contribution in [0, 0.1) is 31.6 Å². The summed E-state index contributed by atoms with van der Waals surface area (Å²) in [7, 11) is 1.57. The van der Waals surface area contributed by atoms with E-state index in [-0.39, 0.29) is 31.6 Å². The van der Waals surface area contributed by atoms with E-state index >= 15 is 0 Å². The van der Waals surface area contributed by atoms with E-state index in [0.29, 0.717) is 30.6 Å². The highest BCUT2D eigenvalue weighted by Crippen LogP contribution is 2.46. The van der Waals surface area contributed by atoms with Gasteiger partial charge in [0.1, 0.15) is 5.75 Å². The van der Waals surface area contributed by atoms with Gasteiger partial charge in [-0.3, -0.25) is 14.5 Å². The molecule has 1 aromatic heterocycles. The summed E-state index contributed by atoms with van der Waals surface area (Å²) in [6, 6.07) is 7.64. The normalized spacial score (nSPS) is 22.8. The van der Waals surface area contributed by atoms with Gasteiger partial charge in [0.05, 0.1) is 37.7 Å². The van der Waals surface area contributed by atoms with Crippen molar-refractivity contribution >= 4 is 29.2 Å². The number of phenolic OH excluding ortho intramolecular Hbond substituents is 1. The fourth-order valence-electron chi connectivity index (χ4n) is 5.99. The maximum atomic E-state index is 13.5. The smallest absolute Gasteiger partial charge is 0.234 e. The topological polar surface area (TPSA) is 107 Å². The van der Waals surface area contributed by atoms with Crippen molar-refractivity contribution in [2.75, 3.05) is 20.3 Å². The maximum Gasteiger partial charge on any atom is 0.234 e. The molecule has 7 nitrogen and oxygen atoms in total. The van der Waals surface area contributed by atoms with Gasteiger partial charge in [-0.05, 0) is 91.4 Å². The predicted octanol–water partition coefficient (Wildman–Crippen LogP) is 4.37. The number of methoxy groups -OCH3 is 1. The lowest BCUT2D eigenvalue weighted by Crippen LogP contribution is -2.39. The van der Waals surface area contributed by atoms with Crippen LogP contribution in [0.25, 0.3) is 6.08 Å². The van der Waals surface area contributed by atoms with Gasteiger partial charge in [-0.25, -0.2) is 0 Å². The van der Waals surface area contributed by atoms with Gasteiger partial charge in [0.15, 0.2) is 0 Å². The Labute approximate surface area is 228 Å². The Hall–Kier alpha value is -2.78. The molecule has 1 aromatic carbocycles. The molecule has 1 aliphatic carbocycles. The SMILES string of the molecule is COCC1=C([C@H](O)CC/C(C)=C/c2cc(C)c(O)c(C)c2)[C@H](CO)[C@@H]2C(=O)N(Cc3cccs3)C(=O)[C@@H]2C1. The summed E-state index contributed by atoms with van der Waals surface area (Å²) in [6.45, 7) is 5.87. The number of benzene rings is 1. The summed E-state index contributed by atoms with van der Waals surface area (Å²) in [5, 5.41) is 33.8. The number of aryl methyl sites for hydroxylation is 2. The highest BCUT2D eigenvalue weighted by atomic mass is 32.1. The number of aliphatic hydroxyl groups is 2. The number of thiophene rings is 1. The molecule has 0 bridgehead atoms. The molecule has 8 heteroatoms. The molecule has 3 N–H and O–H groups in total. The van der Waals surface area contributed by atoms with Gasteiger partial charge in [-0.15, -0.1) is 11.3 Å². The summed E-state index contributed by atoms with van der Waals surface area (Å²) in [6.07, 6.45) is 2.52. The number of phenols is 1. The van der Waals surface area contributed by atoms with Gasteiger partial charge >= 0.3 is 0 Å². The molecule has 2 aromatic rings. The second-order valence-electron chi connectivity index (χ2n) is 10.5. The Kier molecular flexibility index (Phi) is 8.88. The quantitative estimate of drug-likeness (QED) is 0.306. The number of allylic oxidation sites excluding steroid dienone is 1. The van der Waals surface area contributed by atoms with Gasteiger partial charge < -0.3 is 20.1 Å². The van der Waals surface area contributed by atoms with Crippen molar-refractivity contribution < 1.29 is 29.6 Å². The summed E-state index contributed by atoms with van der Waals surface area (Å²) < 4.78 is 5.42. The molecule has 0 radical (unpaired) electrons. The molecule has 4 atom stereocenters. The molecule has 2 heterocycles. The third-order valence-electron chi connectivity index (χ3n) is 7.78. The molecule has 4 rings (SSSR count). The van der Waals surface area contributed by atoms with Crippen LogP contribution in [-0.2, 0) is 20.9 Å². The molecular weight excluding hydrogens is 502 g/mol. The molecule has 0 spiro atoms. The Morgan fingerprint density at radius 1 is 1.24 bits per heavy atom. The zero-order valence-corrected chi connectivity index (χ0v) is 23.3. The number of ether oxygens (including phenoxy) is 1. The first kappa shape index (κ1) is 28.2. The average Bonchev–Trinajstić information content (AvgIpc) is 3.48. The standard InChI is InChI=1S/C30H37NO6S/c1-17(10-20-11-18(2)28(34)19(3)12-20)7-8-25(33)26-21(16-37-4)13-23-27(24(26)15-32)30(36)31(29(23)35)14-22-6-5-9-38-22/h5-6,9-12,23-25,27,32-34H,7-8,13-16H2,1-4H3/b17-10+/t23-,24+,25-,27-/m1/s1. The fraction of sp³-hybridized carbons (Fsp3) is 0.467. The average molecular weight is 540 g/mol. The molecule has 1 fully saturated rings. The van der Waals surface area contributed by atoms with Crippen LogP contribution in [0.3, 0.4) is 0 Å². The van der Waals surface area contributed by atoms with Gasteiger partial charge in [0.2, 0.25) is 11.8 Å². The molecule has 0 unspecified atom stereocenters. The first-order chi connectivity index (χ1) is 18.2. The van der Waals surface area contributed by atoms with Crippen LogP contribution in [0.15, 0.2) is 46.4 Å². The Balaban J connectivity index is 1.54. The minimum atomic E-state index is -0.876. The summed E-state index contributed by atoms with van der Waals surface area (Å²) in [5.41, 5.74) is 5.10. The van der Waals surface area contributed by atoms with Crippen molar-refractivity contribution in [1.82, 2.24) is 4.90 Å². The Morgan fingerprint density at radius 2 is 1.95 bits per heavy atom. The monoisotopic (exact) mass is 539 g/mol. The van der Waals surface area contributed by atoms with Crippen molar-refractivity contribution in [3.63, 3.8) is 0 Å². The molecule has 1 saturated heterocycles. The van der Waals surface area contributed by atoms with Crippen LogP contribution in [0.4, 0.5) is 0 Å². The number of hydrogen-bond acceptors (Lipinski definition) is 7. The Morgan fingerprint density at radius 3 is 2.55 bits per heavy atom. The molecule has 2 aliphatic rings. The van der Waals surface area contributed by atoms with Gasteiger partial charge in [-0.1, -0.05) is 17.7 Å². The van der Waals surface area contributed by atoms with Crippen LogP contribution in [-0.4, -0.2) is 58.5 Å². The largest absolute Gasteiger partial charge is 0.507 e. The summed E-state index contributed by atoms with van der Waals surface area (Å²) >= 11 is 1.50. The Bertz CT molecular complexity index is 1220. The van der Waals surface area contributed by atoms with Crippen LogP contribution in [0.2, 0.25) is 0 Å². The fourth-order valence-corrected chi connectivity index (χ4v) is 6.69. The number of hydrogen-bond donors (Lipinski definition) is 3. The van der Waals surface area contributed by atoms with E-state index in [1.807, 2.05) is 56.5 Å². The maximum absolute atomic E-state index is 13.5. The first-order valence-electron chi connectivity index (χ1n) is 13.0. The number of likely N-dealkylation sites (tertiary alicyclic amines) is 1. The van der Waals surface area contributed by atoms with Crippen LogP contribution in [0.1, 0.15) is 47.8 Å². The number of rotatable bonds is 10. The highest BCUT2D eigenvalue weighted by molar-refractivity contribution is 7.09. The van der Waals surface area contributed by atoms with Crippen molar-refractivity contribution in [3.8, 4) is 5.75 Å².